The Bertz CT molecular complexity index is 594. The van der Waals surface area contributed by atoms with Crippen molar-refractivity contribution in [2.24, 2.45) is 0 Å². The molecule has 2 heterocycles. The van der Waals surface area contributed by atoms with Crippen molar-refractivity contribution >= 4 is 12.0 Å². The molecule has 1 fully saturated rings. The summed E-state index contributed by atoms with van der Waals surface area (Å²) in [5.41, 5.74) is 2.18. The van der Waals surface area contributed by atoms with Crippen LogP contribution in [0.3, 0.4) is 0 Å². The quantitative estimate of drug-likeness (QED) is 0.778. The first-order valence-corrected chi connectivity index (χ1v) is 8.83. The summed E-state index contributed by atoms with van der Waals surface area (Å²) in [6, 6.07) is 5.94. The highest BCUT2D eigenvalue weighted by Gasteiger charge is 2.15. The second-order valence-corrected chi connectivity index (χ2v) is 6.56. The highest BCUT2D eigenvalue weighted by Crippen LogP contribution is 2.26. The molecule has 0 aliphatic carbocycles. The number of β-amino-alcohol motifs (C(OH)–C–C–N with tert-alkyl or cyclic N) is 1. The summed E-state index contributed by atoms with van der Waals surface area (Å²) in [4.78, 5) is 14.2. The van der Waals surface area contributed by atoms with Crippen LogP contribution in [-0.2, 0) is 11.2 Å². The summed E-state index contributed by atoms with van der Waals surface area (Å²) in [6.45, 7) is 3.75. The van der Waals surface area contributed by atoms with Gasteiger partial charge in [0.15, 0.2) is 0 Å². The molecular weight excluding hydrogens is 304 g/mol. The normalized spacial score (nSPS) is 19.0. The minimum absolute atomic E-state index is 0.176. The third-order valence-corrected chi connectivity index (χ3v) is 4.57. The van der Waals surface area contributed by atoms with E-state index in [4.69, 9.17) is 4.74 Å². The average molecular weight is 330 g/mol. The second-order valence-electron chi connectivity index (χ2n) is 6.56. The first-order chi connectivity index (χ1) is 11.7. The van der Waals surface area contributed by atoms with Gasteiger partial charge in [0.1, 0.15) is 5.75 Å². The maximum absolute atomic E-state index is 11.9. The van der Waals surface area contributed by atoms with Gasteiger partial charge >= 0.3 is 0 Å². The van der Waals surface area contributed by atoms with Gasteiger partial charge in [-0.3, -0.25) is 4.79 Å². The van der Waals surface area contributed by atoms with Gasteiger partial charge < -0.3 is 20.1 Å². The highest BCUT2D eigenvalue weighted by atomic mass is 16.5. The maximum atomic E-state index is 11.9. The van der Waals surface area contributed by atoms with E-state index in [0.717, 1.165) is 37.4 Å². The van der Waals surface area contributed by atoms with Crippen molar-refractivity contribution in [2.45, 2.75) is 31.8 Å². The number of piperidine rings is 1. The van der Waals surface area contributed by atoms with Gasteiger partial charge in [-0.25, -0.2) is 0 Å². The number of nitrogens with one attached hydrogen (secondary N) is 1. The SMILES string of the molecule is O=C(C=Cc1ccc2c(c1)CCO2)NC[C@H](O)CN1CCCCC1. The van der Waals surface area contributed by atoms with Gasteiger partial charge in [-0.2, -0.15) is 0 Å². The Morgan fingerprint density at radius 3 is 3.00 bits per heavy atom. The summed E-state index contributed by atoms with van der Waals surface area (Å²) >= 11 is 0. The van der Waals surface area contributed by atoms with E-state index in [0.29, 0.717) is 6.54 Å². The molecule has 0 unspecified atom stereocenters. The summed E-state index contributed by atoms with van der Waals surface area (Å²) in [7, 11) is 0. The number of ether oxygens (including phenoxy) is 1. The van der Waals surface area contributed by atoms with Gasteiger partial charge in [0.25, 0.3) is 0 Å². The monoisotopic (exact) mass is 330 g/mol. The summed E-state index contributed by atoms with van der Waals surface area (Å²) < 4.78 is 5.47. The molecule has 0 aromatic heterocycles. The molecule has 2 aliphatic heterocycles. The lowest BCUT2D eigenvalue weighted by Crippen LogP contribution is -2.41. The Morgan fingerprint density at radius 2 is 2.17 bits per heavy atom. The Kier molecular flexibility index (Phi) is 5.88. The Balaban J connectivity index is 1.41. The summed E-state index contributed by atoms with van der Waals surface area (Å²) in [5, 5.41) is 12.8. The zero-order valence-corrected chi connectivity index (χ0v) is 14.0. The fraction of sp³-hybridized carbons (Fsp3) is 0.526. The first-order valence-electron chi connectivity index (χ1n) is 8.83. The van der Waals surface area contributed by atoms with Crippen LogP contribution in [0.25, 0.3) is 6.08 Å². The van der Waals surface area contributed by atoms with E-state index < -0.39 is 6.10 Å². The summed E-state index contributed by atoms with van der Waals surface area (Å²) in [6.07, 6.45) is 7.41. The average Bonchev–Trinajstić information content (AvgIpc) is 3.07. The topological polar surface area (TPSA) is 61.8 Å². The number of carbonyl (C=O) groups excluding carboxylic acids is 1. The van der Waals surface area contributed by atoms with Crippen molar-refractivity contribution in [2.75, 3.05) is 32.8 Å². The molecule has 0 saturated carbocycles. The van der Waals surface area contributed by atoms with Gasteiger partial charge in [0.2, 0.25) is 5.91 Å². The van der Waals surface area contributed by atoms with Crippen molar-refractivity contribution in [1.29, 1.82) is 0 Å². The molecular formula is C19H26N2O3. The smallest absolute Gasteiger partial charge is 0.244 e. The molecule has 1 amide bonds. The van der Waals surface area contributed by atoms with E-state index in [2.05, 4.69) is 16.3 Å². The zero-order valence-electron chi connectivity index (χ0n) is 14.0. The lowest BCUT2D eigenvalue weighted by atomic mass is 10.1. The maximum Gasteiger partial charge on any atom is 0.244 e. The Hall–Kier alpha value is -1.85. The standard InChI is InChI=1S/C19H26N2O3/c22-17(14-21-9-2-1-3-10-21)13-20-19(23)7-5-15-4-6-18-16(12-15)8-11-24-18/h4-7,12,17,22H,1-3,8-11,13-14H2,(H,20,23)/t17-/m0/s1. The zero-order chi connectivity index (χ0) is 16.8. The minimum Gasteiger partial charge on any atom is -0.493 e. The molecule has 1 aromatic rings. The number of hydrogen-bond acceptors (Lipinski definition) is 4. The van der Waals surface area contributed by atoms with E-state index >= 15 is 0 Å². The predicted molar refractivity (Wildman–Crippen MR) is 94.0 cm³/mol. The summed E-state index contributed by atoms with van der Waals surface area (Å²) in [5.74, 6) is 0.766. The fourth-order valence-electron chi connectivity index (χ4n) is 3.26. The van der Waals surface area contributed by atoms with Crippen LogP contribution in [0.1, 0.15) is 30.4 Å². The number of amides is 1. The second kappa shape index (κ2) is 8.31. The van der Waals surface area contributed by atoms with Crippen LogP contribution >= 0.6 is 0 Å². The molecule has 3 rings (SSSR count). The van der Waals surface area contributed by atoms with Gasteiger partial charge in [-0.1, -0.05) is 12.5 Å². The van der Waals surface area contributed by atoms with Crippen molar-refractivity contribution < 1.29 is 14.6 Å². The van der Waals surface area contributed by atoms with Crippen LogP contribution in [0.2, 0.25) is 0 Å². The number of benzene rings is 1. The van der Waals surface area contributed by atoms with Crippen LogP contribution in [0, 0.1) is 0 Å². The molecule has 24 heavy (non-hydrogen) atoms. The lowest BCUT2D eigenvalue weighted by Gasteiger charge is -2.28. The van der Waals surface area contributed by atoms with Crippen LogP contribution in [0.4, 0.5) is 0 Å². The van der Waals surface area contributed by atoms with E-state index in [1.54, 1.807) is 6.08 Å². The van der Waals surface area contributed by atoms with Crippen LogP contribution in [0.5, 0.6) is 5.75 Å². The number of aliphatic hydroxyl groups excluding tert-OH is 1. The number of fused-ring (bicyclic) bond motifs is 1. The van der Waals surface area contributed by atoms with Crippen molar-refractivity contribution in [3.05, 3.63) is 35.4 Å². The molecule has 2 aliphatic rings. The van der Waals surface area contributed by atoms with Gasteiger partial charge in [-0.05, 0) is 55.3 Å². The van der Waals surface area contributed by atoms with Crippen molar-refractivity contribution in [3.63, 3.8) is 0 Å². The third kappa shape index (κ3) is 4.82. The number of nitrogens with zero attached hydrogens (tertiary/aromatic N) is 1. The minimum atomic E-state index is -0.516. The van der Waals surface area contributed by atoms with E-state index in [-0.39, 0.29) is 12.5 Å². The third-order valence-electron chi connectivity index (χ3n) is 4.57. The molecule has 2 N–H and O–H groups in total. The van der Waals surface area contributed by atoms with Crippen LogP contribution in [0.15, 0.2) is 24.3 Å². The number of aliphatic hydroxyl groups is 1. The van der Waals surface area contributed by atoms with E-state index in [1.165, 1.54) is 30.9 Å². The number of likely N-dealkylation sites (tertiary alicyclic amines) is 1. The van der Waals surface area contributed by atoms with Crippen LogP contribution < -0.4 is 10.1 Å². The molecule has 130 valence electrons. The largest absolute Gasteiger partial charge is 0.493 e. The van der Waals surface area contributed by atoms with Gasteiger partial charge in [0.05, 0.1) is 12.7 Å². The van der Waals surface area contributed by atoms with Crippen LogP contribution in [-0.4, -0.2) is 54.8 Å². The molecule has 1 saturated heterocycles. The molecule has 0 radical (unpaired) electrons. The van der Waals surface area contributed by atoms with Crippen molar-refractivity contribution in [3.8, 4) is 5.75 Å². The molecule has 0 spiro atoms. The highest BCUT2D eigenvalue weighted by molar-refractivity contribution is 5.91. The van der Waals surface area contributed by atoms with Gasteiger partial charge in [-0.15, -0.1) is 0 Å². The lowest BCUT2D eigenvalue weighted by molar-refractivity contribution is -0.116. The Morgan fingerprint density at radius 1 is 1.33 bits per heavy atom. The van der Waals surface area contributed by atoms with Gasteiger partial charge in [0, 0.05) is 25.6 Å². The molecule has 5 nitrogen and oxygen atoms in total. The molecule has 5 heteroatoms. The van der Waals surface area contributed by atoms with E-state index in [9.17, 15) is 9.90 Å². The molecule has 0 bridgehead atoms. The van der Waals surface area contributed by atoms with Crippen molar-refractivity contribution in [1.82, 2.24) is 10.2 Å². The Labute approximate surface area is 143 Å². The number of carbonyl (C=O) groups is 1. The number of rotatable bonds is 6. The number of hydrogen-bond donors (Lipinski definition) is 2. The predicted octanol–water partition coefficient (Wildman–Crippen LogP) is 1.60. The molecule has 1 atom stereocenters. The molecule has 1 aromatic carbocycles. The first kappa shape index (κ1) is 17.0. The van der Waals surface area contributed by atoms with E-state index in [1.807, 2.05) is 12.1 Å². The fourth-order valence-corrected chi connectivity index (χ4v) is 3.26.